The van der Waals surface area contributed by atoms with Crippen LogP contribution in [0.4, 0.5) is 144 Å². The molecule has 130 heavy (non-hydrogen) atoms. The zero-order chi connectivity index (χ0) is 97.6. The summed E-state index contributed by atoms with van der Waals surface area (Å²) in [5, 5.41) is 62.6. The summed E-state index contributed by atoms with van der Waals surface area (Å²) in [7, 11) is -22.7. The van der Waals surface area contributed by atoms with Crippen molar-refractivity contribution in [1.82, 2.24) is 0 Å². The molecule has 14 nitrogen and oxygen atoms in total. The SMILES string of the molecule is [C-]#[N+]C([N+]#[C-])=C1Cc2c(-c3c(F)c(F)c(C#N)c(F)c3F)c3c(c(-c4c(F)c(F)c(C#N)c(F)c4F)c2=C1F)CC(=C(C#N)C#N)C=3F.[C-]#[N+]C([N+]#[C-])=C1Cc2c(-c3c(F)c(F)c(F)c(F)c3F)c3c(c(-c4c(F)c(F)c(F)c(F)c4F)c2=C1F)CC(=C(C#N)C#N)C=3F.[C-]#[N+]C([N+]#[C-])=C1Cc2c(S(F)(F)(F)(F)F)c3c(c(S(F)(F)(F)(F)F)c2=C1F)CC(=C(C#N)C#N)C=3F. The van der Waals surface area contributed by atoms with E-state index in [-0.39, 0.29) is 0 Å². The molecule has 0 saturated heterocycles. The van der Waals surface area contributed by atoms with Crippen LogP contribution in [0.5, 0.6) is 0 Å². The highest BCUT2D eigenvalue weighted by atomic mass is 32.5. The monoisotopic (exact) mass is 1880 g/mol. The van der Waals surface area contributed by atoms with Gasteiger partial charge in [0.2, 0.25) is 11.6 Å². The first-order chi connectivity index (χ1) is 60.3. The summed E-state index contributed by atoms with van der Waals surface area (Å²) < 4.78 is 505. The first-order valence-electron chi connectivity index (χ1n) is 33.2. The van der Waals surface area contributed by atoms with Crippen LogP contribution in [0.15, 0.2) is 77.4 Å². The van der Waals surface area contributed by atoms with Crippen molar-refractivity contribution >= 4 is 55.4 Å². The Morgan fingerprint density at radius 1 is 0.215 bits per heavy atom. The smallest absolute Gasteiger partial charge is 0.207 e. The molecule has 0 radical (unpaired) electrons. The molecule has 0 heterocycles. The fraction of sp³-hybridized carbons (Fsp3) is 0.0750. The van der Waals surface area contributed by atoms with Crippen molar-refractivity contribution in [2.45, 2.75) is 48.3 Å². The number of nitriles is 8. The molecule has 0 unspecified atom stereocenters. The zero-order valence-corrected chi connectivity index (χ0v) is 62.8. The molecule has 0 fully saturated rings. The van der Waals surface area contributed by atoms with Crippen LogP contribution in [-0.4, -0.2) is 0 Å². The van der Waals surface area contributed by atoms with Gasteiger partial charge in [-0.05, 0) is 33.4 Å². The predicted octanol–water partition coefficient (Wildman–Crippen LogP) is 21.3. The minimum absolute atomic E-state index is 0.878. The topological polar surface area (TPSA) is 216 Å². The van der Waals surface area contributed by atoms with Gasteiger partial charge in [0.15, 0.2) is 93.1 Å². The van der Waals surface area contributed by atoms with Crippen LogP contribution in [-0.2, 0) is 38.5 Å². The summed E-state index contributed by atoms with van der Waals surface area (Å²) in [5.41, 5.74) is -36.5. The molecule has 0 amide bonds. The molecule has 0 aromatic heterocycles. The van der Waals surface area contributed by atoms with E-state index in [9.17, 15) is 104 Å². The molecule has 6 aliphatic rings. The summed E-state index contributed by atoms with van der Waals surface area (Å²) >= 11 is 0. The van der Waals surface area contributed by atoms with Gasteiger partial charge in [-0.3, -0.25) is 0 Å². The van der Waals surface area contributed by atoms with E-state index in [0.717, 1.165) is 24.3 Å². The number of hydrogen-bond donors (Lipinski definition) is 0. The molecule has 6 aliphatic carbocycles. The Kier molecular flexibility index (Phi) is 22.2. The van der Waals surface area contributed by atoms with E-state index >= 15 is 61.5 Å². The first-order valence-corrected chi connectivity index (χ1v) is 37.1. The number of fused-ring (bicyclic) bond motifs is 6. The highest BCUT2D eigenvalue weighted by Gasteiger charge is 2.73. The van der Waals surface area contributed by atoms with Crippen molar-refractivity contribution in [2.75, 3.05) is 0 Å². The number of halogens is 34. The van der Waals surface area contributed by atoms with Gasteiger partial charge in [-0.2, -0.15) is 71.2 Å². The fourth-order valence-corrected chi connectivity index (χ4v) is 17.5. The first kappa shape index (κ1) is 94.1. The van der Waals surface area contributed by atoms with E-state index in [1.807, 2.05) is 0 Å². The number of benzene rings is 7. The van der Waals surface area contributed by atoms with E-state index in [1.54, 1.807) is 0 Å². The second-order valence-electron chi connectivity index (χ2n) is 26.6. The number of hydrogen-bond acceptors (Lipinski definition) is 8. The fourth-order valence-electron chi connectivity index (χ4n) is 15.0. The van der Waals surface area contributed by atoms with Crippen LogP contribution in [0.3, 0.4) is 0 Å². The molecule has 13 rings (SSSR count). The molecular formula is C80H12F34N14S2. The van der Waals surface area contributed by atoms with Gasteiger partial charge in [0.1, 0.15) is 161 Å². The Bertz CT molecular complexity index is 7460. The molecule has 0 bridgehead atoms. The molecule has 7 aromatic carbocycles. The van der Waals surface area contributed by atoms with Gasteiger partial charge >= 0.3 is 37.9 Å². The van der Waals surface area contributed by atoms with Crippen molar-refractivity contribution in [3.63, 3.8) is 0 Å². The molecule has 7 aromatic rings. The van der Waals surface area contributed by atoms with Crippen LogP contribution in [0.25, 0.3) is 109 Å². The van der Waals surface area contributed by atoms with Crippen molar-refractivity contribution < 1.29 is 144 Å². The largest absolute Gasteiger partial charge is 0.525 e. The lowest BCUT2D eigenvalue weighted by atomic mass is 9.85. The number of allylic oxidation sites excluding steroid dienone is 9. The van der Waals surface area contributed by atoms with Gasteiger partial charge in [0.25, 0.3) is 0 Å². The van der Waals surface area contributed by atoms with Gasteiger partial charge in [0, 0.05) is 109 Å². The van der Waals surface area contributed by atoms with Crippen molar-refractivity contribution in [1.29, 1.82) is 42.1 Å². The maximum atomic E-state index is 16.4. The summed E-state index contributed by atoms with van der Waals surface area (Å²) in [6, 6.07) is 8.63. The molecule has 0 atom stereocenters. The lowest BCUT2D eigenvalue weighted by molar-refractivity contribution is 0.352. The van der Waals surface area contributed by atoms with Crippen molar-refractivity contribution in [3.05, 3.63) is 317 Å². The van der Waals surface area contributed by atoms with E-state index in [2.05, 4.69) is 29.1 Å². The Hall–Kier alpha value is -16.6. The van der Waals surface area contributed by atoms with Crippen LogP contribution < -0.4 is 31.3 Å². The average Bonchev–Trinajstić information content (AvgIpc) is 1.49. The molecular weight excluding hydrogens is 1870 g/mol. The average molecular weight is 1880 g/mol. The normalized spacial score (nSPS) is 14.6. The van der Waals surface area contributed by atoms with Gasteiger partial charge in [-0.1, -0.05) is 38.9 Å². The lowest BCUT2D eigenvalue weighted by Crippen LogP contribution is -2.34. The van der Waals surface area contributed by atoms with Crippen LogP contribution in [0.2, 0.25) is 0 Å². The maximum absolute atomic E-state index is 16.4. The standard InChI is InChI=1S/C32H4F10N6.C30H4F12N4.C18H4F12N4S2/c1-47-32(48-2)13-4-12-17(21-30(41)26(37)15(8-46)27(38)31(21)42)18-11(3-10(22(18)33)9(5-43)6-44)16(19(12)23(13)34)20-28(39)24(35)14(7-45)25(36)29(20)40;1-45-30(46-2)11-4-10-13(17-22(35)26(39)29(42)27(40)23(17)36)14-9(3-8(18(14)31)7(5-43)6-44)12(15(10)19(11)32)16-20(33)24(37)28(41)25(38)21(16)34;1-33-18(34-2)11-4-10-13(15(11)20)16(35(21,22,23,24)25)9-3-8(7(5-31)6-32)14(19)12(9)17(10)36(26,27,28,29)30/h3-4H2;3-4H2;3-4H2. The summed E-state index contributed by atoms with van der Waals surface area (Å²) in [6.45, 7) is 42.2. The van der Waals surface area contributed by atoms with E-state index < -0.39 is 396 Å². The summed E-state index contributed by atoms with van der Waals surface area (Å²) in [6.07, 6.45) is -8.87. The van der Waals surface area contributed by atoms with Crippen molar-refractivity contribution in [2.24, 2.45) is 0 Å². The molecule has 652 valence electrons. The Morgan fingerprint density at radius 2 is 0.377 bits per heavy atom. The second kappa shape index (κ2) is 30.6. The van der Waals surface area contributed by atoms with Gasteiger partial charge < -0.3 is 0 Å². The molecule has 50 heteroatoms. The van der Waals surface area contributed by atoms with E-state index in [0.29, 0.717) is 0 Å². The van der Waals surface area contributed by atoms with E-state index in [4.69, 9.17) is 60.5 Å². The third-order valence-corrected chi connectivity index (χ3v) is 22.5. The van der Waals surface area contributed by atoms with Crippen LogP contribution in [0, 0.1) is 235 Å². The molecule has 0 N–H and O–H groups in total. The Balaban J connectivity index is 0.000000191. The maximum Gasteiger partial charge on any atom is 0.525 e. The Labute approximate surface area is 697 Å². The van der Waals surface area contributed by atoms with Gasteiger partial charge in [0.05, 0.1) is 39.0 Å². The van der Waals surface area contributed by atoms with Crippen LogP contribution in [0.1, 0.15) is 44.5 Å². The quantitative estimate of drug-likeness (QED) is 0.0512. The second-order valence-corrected chi connectivity index (χ2v) is 31.3. The minimum Gasteiger partial charge on any atom is -0.207 e. The van der Waals surface area contributed by atoms with Gasteiger partial charge in [-0.15, -0.1) is 0 Å². The van der Waals surface area contributed by atoms with Crippen LogP contribution >= 0.6 is 20.4 Å². The van der Waals surface area contributed by atoms with Crippen molar-refractivity contribution in [3.8, 4) is 93.1 Å². The third-order valence-electron chi connectivity index (χ3n) is 20.0. The summed E-state index contributed by atoms with van der Waals surface area (Å²) in [4.78, 5) is 8.86. The third kappa shape index (κ3) is 14.0. The minimum atomic E-state index is -11.4. The molecule has 0 spiro atoms. The molecule has 0 aliphatic heterocycles. The number of nitrogens with zero attached hydrogens (tertiary/aromatic N) is 14. The Morgan fingerprint density at radius 3 is 0.569 bits per heavy atom. The molecule has 0 saturated carbocycles. The highest BCUT2D eigenvalue weighted by molar-refractivity contribution is 8.46. The summed E-state index contributed by atoms with van der Waals surface area (Å²) in [5.74, 6) is -61.3. The van der Waals surface area contributed by atoms with E-state index in [1.165, 1.54) is 24.3 Å². The van der Waals surface area contributed by atoms with Gasteiger partial charge in [-0.25, -0.2) is 105 Å². The highest BCUT2D eigenvalue weighted by Crippen LogP contribution is 3.04. The lowest BCUT2D eigenvalue weighted by Gasteiger charge is -2.45. The predicted molar refractivity (Wildman–Crippen MR) is 375 cm³/mol. The zero-order valence-electron chi connectivity index (χ0n) is 61.2. The number of rotatable bonds is 6.